The van der Waals surface area contributed by atoms with E-state index in [1.54, 1.807) is 6.07 Å². The molecule has 2 rings (SSSR count). The molecular weight excluding hydrogens is 273 g/mol. The smallest absolute Gasteiger partial charge is 0.273 e. The Morgan fingerprint density at radius 1 is 1.17 bits per heavy atom. The summed E-state index contributed by atoms with van der Waals surface area (Å²) < 4.78 is 0. The summed E-state index contributed by atoms with van der Waals surface area (Å²) in [6.45, 7) is 0.311. The fraction of sp³-hybridized carbons (Fsp3) is 0.0833. The van der Waals surface area contributed by atoms with Crippen LogP contribution in [-0.4, -0.2) is 15.9 Å². The Balaban J connectivity index is 2.06. The first-order valence-corrected chi connectivity index (χ1v) is 5.92. The number of aromatic nitrogens is 2. The molecule has 0 radical (unpaired) electrons. The van der Waals surface area contributed by atoms with Crippen LogP contribution in [0.25, 0.3) is 0 Å². The maximum Gasteiger partial charge on any atom is 0.273 e. The summed E-state index contributed by atoms with van der Waals surface area (Å²) in [7, 11) is 0. The quantitative estimate of drug-likeness (QED) is 0.941. The zero-order valence-corrected chi connectivity index (χ0v) is 10.7. The number of hydrogen-bond acceptors (Lipinski definition) is 3. The van der Waals surface area contributed by atoms with E-state index in [2.05, 4.69) is 15.3 Å². The molecule has 2 aromatic rings. The molecule has 18 heavy (non-hydrogen) atoms. The number of rotatable bonds is 3. The number of amides is 1. The molecule has 0 atom stereocenters. The number of benzene rings is 1. The third kappa shape index (κ3) is 2.97. The standard InChI is InChI=1S/C12H9Cl2N3O/c13-9-4-2-1-3-8(9)7-17-12(18)10-11(14)16-6-5-15-10/h1-6H,7H2,(H,17,18). The SMILES string of the molecule is O=C(NCc1ccccc1Cl)c1nccnc1Cl. The Morgan fingerprint density at radius 2 is 1.89 bits per heavy atom. The number of hydrogen-bond donors (Lipinski definition) is 1. The predicted octanol–water partition coefficient (Wildman–Crippen LogP) is 2.71. The van der Waals surface area contributed by atoms with Crippen molar-refractivity contribution in [3.8, 4) is 0 Å². The molecule has 0 aliphatic carbocycles. The van der Waals surface area contributed by atoms with Crippen molar-refractivity contribution in [1.82, 2.24) is 15.3 Å². The molecule has 0 saturated carbocycles. The van der Waals surface area contributed by atoms with E-state index in [0.717, 1.165) is 5.56 Å². The maximum atomic E-state index is 11.8. The highest BCUT2D eigenvalue weighted by Gasteiger charge is 2.12. The summed E-state index contributed by atoms with van der Waals surface area (Å²) >= 11 is 11.8. The lowest BCUT2D eigenvalue weighted by Gasteiger charge is -2.06. The topological polar surface area (TPSA) is 54.9 Å². The Morgan fingerprint density at radius 3 is 2.61 bits per heavy atom. The molecule has 0 aliphatic rings. The maximum absolute atomic E-state index is 11.8. The van der Waals surface area contributed by atoms with Crippen molar-refractivity contribution >= 4 is 29.1 Å². The molecule has 1 amide bonds. The number of nitrogens with zero attached hydrogens (tertiary/aromatic N) is 2. The van der Waals surface area contributed by atoms with Crippen molar-refractivity contribution in [2.24, 2.45) is 0 Å². The second-order valence-electron chi connectivity index (χ2n) is 3.47. The van der Waals surface area contributed by atoms with Crippen LogP contribution in [-0.2, 0) is 6.54 Å². The molecule has 0 bridgehead atoms. The van der Waals surface area contributed by atoms with Crippen LogP contribution in [0.1, 0.15) is 16.1 Å². The van der Waals surface area contributed by atoms with E-state index < -0.39 is 0 Å². The van der Waals surface area contributed by atoms with E-state index in [1.807, 2.05) is 18.2 Å². The Bertz CT molecular complexity index is 575. The van der Waals surface area contributed by atoms with Crippen molar-refractivity contribution in [3.63, 3.8) is 0 Å². The second kappa shape index (κ2) is 5.80. The van der Waals surface area contributed by atoms with Crippen molar-refractivity contribution < 1.29 is 4.79 Å². The van der Waals surface area contributed by atoms with Gasteiger partial charge in [0.15, 0.2) is 10.8 Å². The van der Waals surface area contributed by atoms with Gasteiger partial charge in [-0.25, -0.2) is 9.97 Å². The van der Waals surface area contributed by atoms with Crippen LogP contribution < -0.4 is 5.32 Å². The van der Waals surface area contributed by atoms with E-state index in [4.69, 9.17) is 23.2 Å². The highest BCUT2D eigenvalue weighted by Crippen LogP contribution is 2.15. The summed E-state index contributed by atoms with van der Waals surface area (Å²) in [4.78, 5) is 19.5. The number of carbonyl (C=O) groups is 1. The Kier molecular flexibility index (Phi) is 4.12. The summed E-state index contributed by atoms with van der Waals surface area (Å²) in [5.74, 6) is -0.381. The van der Waals surface area contributed by atoms with Gasteiger partial charge in [0.05, 0.1) is 0 Å². The van der Waals surface area contributed by atoms with Gasteiger partial charge < -0.3 is 5.32 Å². The van der Waals surface area contributed by atoms with E-state index >= 15 is 0 Å². The van der Waals surface area contributed by atoms with Crippen LogP contribution in [0.2, 0.25) is 10.2 Å². The normalized spacial score (nSPS) is 10.1. The fourth-order valence-corrected chi connectivity index (χ4v) is 1.77. The summed E-state index contributed by atoms with van der Waals surface area (Å²) in [6.07, 6.45) is 2.84. The van der Waals surface area contributed by atoms with Crippen molar-refractivity contribution in [3.05, 3.63) is 58.1 Å². The van der Waals surface area contributed by atoms with Crippen LogP contribution in [0.3, 0.4) is 0 Å². The molecule has 0 fully saturated rings. The van der Waals surface area contributed by atoms with Gasteiger partial charge in [-0.05, 0) is 11.6 Å². The number of halogens is 2. The molecule has 1 N–H and O–H groups in total. The number of carbonyl (C=O) groups excluding carboxylic acids is 1. The minimum atomic E-state index is -0.381. The van der Waals surface area contributed by atoms with Crippen LogP contribution in [0, 0.1) is 0 Å². The van der Waals surface area contributed by atoms with Crippen molar-refractivity contribution in [1.29, 1.82) is 0 Å². The van der Waals surface area contributed by atoms with Gasteiger partial charge in [0.25, 0.3) is 5.91 Å². The highest BCUT2D eigenvalue weighted by molar-refractivity contribution is 6.32. The van der Waals surface area contributed by atoms with E-state index in [1.165, 1.54) is 12.4 Å². The molecule has 0 spiro atoms. The molecule has 6 heteroatoms. The van der Waals surface area contributed by atoms with Crippen LogP contribution in [0.15, 0.2) is 36.7 Å². The fourth-order valence-electron chi connectivity index (χ4n) is 1.37. The van der Waals surface area contributed by atoms with Crippen LogP contribution in [0.4, 0.5) is 0 Å². The first kappa shape index (κ1) is 12.8. The minimum absolute atomic E-state index is 0.0779. The molecule has 1 aromatic heterocycles. The van der Waals surface area contributed by atoms with Gasteiger partial charge in [-0.3, -0.25) is 4.79 Å². The van der Waals surface area contributed by atoms with E-state index in [9.17, 15) is 4.79 Å². The van der Waals surface area contributed by atoms with Gasteiger partial charge in [0.2, 0.25) is 0 Å². The monoisotopic (exact) mass is 281 g/mol. The van der Waals surface area contributed by atoms with E-state index in [-0.39, 0.29) is 16.8 Å². The second-order valence-corrected chi connectivity index (χ2v) is 4.24. The van der Waals surface area contributed by atoms with Gasteiger partial charge in [-0.15, -0.1) is 0 Å². The van der Waals surface area contributed by atoms with Gasteiger partial charge >= 0.3 is 0 Å². The molecule has 0 aliphatic heterocycles. The average molecular weight is 282 g/mol. The minimum Gasteiger partial charge on any atom is -0.346 e. The average Bonchev–Trinajstić information content (AvgIpc) is 2.38. The van der Waals surface area contributed by atoms with Crippen molar-refractivity contribution in [2.75, 3.05) is 0 Å². The zero-order chi connectivity index (χ0) is 13.0. The summed E-state index contributed by atoms with van der Waals surface area (Å²) in [6, 6.07) is 7.27. The van der Waals surface area contributed by atoms with Gasteiger partial charge in [-0.1, -0.05) is 41.4 Å². The third-order valence-corrected chi connectivity index (χ3v) is 2.91. The molecular formula is C12H9Cl2N3O. The molecule has 1 heterocycles. The Labute approximate surface area is 114 Å². The molecule has 1 aromatic carbocycles. The lowest BCUT2D eigenvalue weighted by atomic mass is 10.2. The number of nitrogens with one attached hydrogen (secondary N) is 1. The molecule has 0 saturated heterocycles. The summed E-state index contributed by atoms with van der Waals surface area (Å²) in [5.41, 5.74) is 0.929. The summed E-state index contributed by atoms with van der Waals surface area (Å²) in [5, 5.41) is 3.36. The van der Waals surface area contributed by atoms with Gasteiger partial charge in [0, 0.05) is 24.0 Å². The molecule has 0 unspecified atom stereocenters. The van der Waals surface area contributed by atoms with Crippen LogP contribution >= 0.6 is 23.2 Å². The van der Waals surface area contributed by atoms with Crippen LogP contribution in [0.5, 0.6) is 0 Å². The Hall–Kier alpha value is -1.65. The molecule has 4 nitrogen and oxygen atoms in total. The van der Waals surface area contributed by atoms with E-state index in [0.29, 0.717) is 11.6 Å². The first-order chi connectivity index (χ1) is 8.68. The first-order valence-electron chi connectivity index (χ1n) is 5.16. The predicted molar refractivity (Wildman–Crippen MR) is 69.7 cm³/mol. The van der Waals surface area contributed by atoms with Gasteiger partial charge in [0.1, 0.15) is 0 Å². The lowest BCUT2D eigenvalue weighted by molar-refractivity contribution is 0.0945. The lowest BCUT2D eigenvalue weighted by Crippen LogP contribution is -2.24. The third-order valence-electron chi connectivity index (χ3n) is 2.27. The zero-order valence-electron chi connectivity index (χ0n) is 9.23. The largest absolute Gasteiger partial charge is 0.346 e. The highest BCUT2D eigenvalue weighted by atomic mass is 35.5. The molecule has 92 valence electrons. The van der Waals surface area contributed by atoms with Crippen molar-refractivity contribution in [2.45, 2.75) is 6.54 Å². The van der Waals surface area contributed by atoms with Gasteiger partial charge in [-0.2, -0.15) is 0 Å².